The minimum Gasteiger partial charge on any atom is -0.387 e. The molecule has 2 N–H and O–H groups in total. The van der Waals surface area contributed by atoms with Crippen LogP contribution < -0.4 is 5.32 Å². The van der Waals surface area contributed by atoms with Gasteiger partial charge in [-0.2, -0.15) is 11.8 Å². The standard InChI is InChI=1S/C13H26N2O2S/c1-4-15-8-6-5-7-11(15)12(16)14-9-13(2,17)10-18-3/h11,17H,4-10H2,1-3H3,(H,14,16). The molecule has 0 aromatic rings. The molecule has 1 aliphatic rings. The summed E-state index contributed by atoms with van der Waals surface area (Å²) in [5, 5.41) is 12.9. The Balaban J connectivity index is 2.44. The van der Waals surface area contributed by atoms with E-state index in [0.29, 0.717) is 12.3 Å². The van der Waals surface area contributed by atoms with E-state index in [0.717, 1.165) is 25.9 Å². The molecule has 1 heterocycles. The number of hydrogen-bond donors (Lipinski definition) is 2. The number of thioether (sulfide) groups is 1. The number of piperidine rings is 1. The Morgan fingerprint density at radius 2 is 2.28 bits per heavy atom. The van der Waals surface area contributed by atoms with Crippen LogP contribution in [0.25, 0.3) is 0 Å². The van der Waals surface area contributed by atoms with Crippen LogP contribution in [0.2, 0.25) is 0 Å². The fourth-order valence-corrected chi connectivity index (χ4v) is 3.15. The third-order valence-corrected chi connectivity index (χ3v) is 4.33. The van der Waals surface area contributed by atoms with Crippen LogP contribution >= 0.6 is 11.8 Å². The molecule has 0 saturated carbocycles. The van der Waals surface area contributed by atoms with Gasteiger partial charge in [-0.15, -0.1) is 0 Å². The number of carbonyl (C=O) groups is 1. The molecule has 5 heteroatoms. The maximum absolute atomic E-state index is 12.1. The lowest BCUT2D eigenvalue weighted by molar-refractivity contribution is -0.128. The average Bonchev–Trinajstić information content (AvgIpc) is 2.36. The van der Waals surface area contributed by atoms with Gasteiger partial charge >= 0.3 is 0 Å². The molecule has 106 valence electrons. The molecule has 18 heavy (non-hydrogen) atoms. The Kier molecular flexibility index (Phi) is 6.46. The van der Waals surface area contributed by atoms with Gasteiger partial charge in [-0.1, -0.05) is 13.3 Å². The number of rotatable bonds is 6. The van der Waals surface area contributed by atoms with E-state index in [2.05, 4.69) is 17.1 Å². The molecule has 2 unspecified atom stereocenters. The summed E-state index contributed by atoms with van der Waals surface area (Å²) in [6.45, 7) is 6.12. The Morgan fingerprint density at radius 1 is 1.56 bits per heavy atom. The van der Waals surface area contributed by atoms with E-state index in [-0.39, 0.29) is 11.9 Å². The van der Waals surface area contributed by atoms with E-state index in [4.69, 9.17) is 0 Å². The summed E-state index contributed by atoms with van der Waals surface area (Å²) >= 11 is 1.59. The number of likely N-dealkylation sites (tertiary alicyclic amines) is 1. The first-order valence-electron chi connectivity index (χ1n) is 6.73. The number of carbonyl (C=O) groups excluding carboxylic acids is 1. The van der Waals surface area contributed by atoms with Crippen molar-refractivity contribution >= 4 is 17.7 Å². The third kappa shape index (κ3) is 4.78. The first kappa shape index (κ1) is 15.8. The van der Waals surface area contributed by atoms with Gasteiger partial charge in [-0.25, -0.2) is 0 Å². The molecule has 0 bridgehead atoms. The van der Waals surface area contributed by atoms with Crippen molar-refractivity contribution in [1.29, 1.82) is 0 Å². The second-order valence-electron chi connectivity index (χ2n) is 5.29. The van der Waals surface area contributed by atoms with Crippen LogP contribution in [0.3, 0.4) is 0 Å². The molecular formula is C13H26N2O2S. The predicted octanol–water partition coefficient (Wildman–Crippen LogP) is 1.09. The normalized spacial score (nSPS) is 24.6. The molecule has 1 aliphatic heterocycles. The molecule has 0 aromatic heterocycles. The number of nitrogens with zero attached hydrogens (tertiary/aromatic N) is 1. The van der Waals surface area contributed by atoms with E-state index >= 15 is 0 Å². The van der Waals surface area contributed by atoms with Gasteiger partial charge in [0.2, 0.25) is 5.91 Å². The van der Waals surface area contributed by atoms with Crippen molar-refractivity contribution in [1.82, 2.24) is 10.2 Å². The monoisotopic (exact) mass is 274 g/mol. The minimum atomic E-state index is -0.819. The molecule has 2 atom stereocenters. The summed E-state index contributed by atoms with van der Waals surface area (Å²) in [6, 6.07) is -0.00571. The van der Waals surface area contributed by atoms with Crippen molar-refractivity contribution in [2.75, 3.05) is 31.6 Å². The fourth-order valence-electron chi connectivity index (χ4n) is 2.42. The van der Waals surface area contributed by atoms with E-state index in [1.165, 1.54) is 6.42 Å². The summed E-state index contributed by atoms with van der Waals surface area (Å²) in [4.78, 5) is 14.4. The maximum Gasteiger partial charge on any atom is 0.237 e. The molecule has 0 spiro atoms. The molecule has 0 radical (unpaired) electrons. The average molecular weight is 274 g/mol. The predicted molar refractivity (Wildman–Crippen MR) is 76.9 cm³/mol. The van der Waals surface area contributed by atoms with Gasteiger partial charge in [-0.05, 0) is 39.1 Å². The highest BCUT2D eigenvalue weighted by Crippen LogP contribution is 2.17. The van der Waals surface area contributed by atoms with Crippen molar-refractivity contribution in [3.05, 3.63) is 0 Å². The Morgan fingerprint density at radius 3 is 2.89 bits per heavy atom. The number of aliphatic hydroxyl groups is 1. The highest BCUT2D eigenvalue weighted by Gasteiger charge is 2.29. The van der Waals surface area contributed by atoms with Crippen LogP contribution in [-0.2, 0) is 4.79 Å². The fraction of sp³-hybridized carbons (Fsp3) is 0.923. The second-order valence-corrected chi connectivity index (χ2v) is 6.15. The van der Waals surface area contributed by atoms with Gasteiger partial charge in [0.15, 0.2) is 0 Å². The Bertz CT molecular complexity index is 272. The molecular weight excluding hydrogens is 248 g/mol. The SMILES string of the molecule is CCN1CCCCC1C(=O)NCC(C)(O)CSC. The lowest BCUT2D eigenvalue weighted by atomic mass is 10.0. The number of hydrogen-bond acceptors (Lipinski definition) is 4. The van der Waals surface area contributed by atoms with E-state index in [1.54, 1.807) is 18.7 Å². The number of likely N-dealkylation sites (N-methyl/N-ethyl adjacent to an activating group) is 1. The van der Waals surface area contributed by atoms with Crippen LogP contribution in [0.1, 0.15) is 33.1 Å². The first-order chi connectivity index (χ1) is 8.50. The summed E-state index contributed by atoms with van der Waals surface area (Å²) < 4.78 is 0. The Labute approximate surface area is 115 Å². The van der Waals surface area contributed by atoms with E-state index in [9.17, 15) is 9.90 Å². The van der Waals surface area contributed by atoms with Crippen LogP contribution in [0.5, 0.6) is 0 Å². The molecule has 4 nitrogen and oxygen atoms in total. The van der Waals surface area contributed by atoms with Crippen molar-refractivity contribution in [3.63, 3.8) is 0 Å². The topological polar surface area (TPSA) is 52.6 Å². The zero-order chi connectivity index (χ0) is 13.6. The molecule has 1 fully saturated rings. The van der Waals surface area contributed by atoms with Crippen LogP contribution in [0.15, 0.2) is 0 Å². The van der Waals surface area contributed by atoms with Gasteiger partial charge in [0.25, 0.3) is 0 Å². The van der Waals surface area contributed by atoms with Crippen molar-refractivity contribution in [2.45, 2.75) is 44.8 Å². The van der Waals surface area contributed by atoms with Crippen molar-refractivity contribution < 1.29 is 9.90 Å². The zero-order valence-corrected chi connectivity index (χ0v) is 12.6. The highest BCUT2D eigenvalue weighted by atomic mass is 32.2. The van der Waals surface area contributed by atoms with E-state index in [1.807, 2.05) is 6.26 Å². The highest BCUT2D eigenvalue weighted by molar-refractivity contribution is 7.98. The van der Waals surface area contributed by atoms with Gasteiger partial charge in [0.05, 0.1) is 11.6 Å². The smallest absolute Gasteiger partial charge is 0.237 e. The molecule has 1 amide bonds. The van der Waals surface area contributed by atoms with Crippen LogP contribution in [0.4, 0.5) is 0 Å². The van der Waals surface area contributed by atoms with E-state index < -0.39 is 5.60 Å². The summed E-state index contributed by atoms with van der Waals surface area (Å²) in [5.74, 6) is 0.702. The summed E-state index contributed by atoms with van der Waals surface area (Å²) in [6.07, 6.45) is 5.19. The van der Waals surface area contributed by atoms with Crippen LogP contribution in [-0.4, -0.2) is 59.2 Å². The minimum absolute atomic E-state index is 0.00571. The third-order valence-electron chi connectivity index (χ3n) is 3.42. The summed E-state index contributed by atoms with van der Waals surface area (Å²) in [5.41, 5.74) is -0.819. The quantitative estimate of drug-likeness (QED) is 0.761. The molecule has 1 rings (SSSR count). The number of amides is 1. The van der Waals surface area contributed by atoms with Crippen LogP contribution in [0, 0.1) is 0 Å². The first-order valence-corrected chi connectivity index (χ1v) is 8.12. The van der Waals surface area contributed by atoms with Gasteiger partial charge < -0.3 is 10.4 Å². The van der Waals surface area contributed by atoms with Crippen molar-refractivity contribution in [3.8, 4) is 0 Å². The maximum atomic E-state index is 12.1. The molecule has 0 aromatic carbocycles. The Hall–Kier alpha value is -0.260. The number of nitrogens with one attached hydrogen (secondary N) is 1. The molecule has 1 saturated heterocycles. The van der Waals surface area contributed by atoms with Crippen molar-refractivity contribution in [2.24, 2.45) is 0 Å². The summed E-state index contributed by atoms with van der Waals surface area (Å²) in [7, 11) is 0. The van der Waals surface area contributed by atoms with Gasteiger partial charge in [0, 0.05) is 12.3 Å². The van der Waals surface area contributed by atoms with Gasteiger partial charge in [-0.3, -0.25) is 9.69 Å². The zero-order valence-electron chi connectivity index (χ0n) is 11.7. The second kappa shape index (κ2) is 7.36. The lowest BCUT2D eigenvalue weighted by Gasteiger charge is -2.34. The largest absolute Gasteiger partial charge is 0.387 e. The molecule has 0 aliphatic carbocycles. The van der Waals surface area contributed by atoms with Gasteiger partial charge in [0.1, 0.15) is 0 Å². The lowest BCUT2D eigenvalue weighted by Crippen LogP contribution is -2.52.